The molecule has 0 bridgehead atoms. The van der Waals surface area contributed by atoms with E-state index < -0.39 is 4.92 Å². The molecule has 1 aromatic carbocycles. The van der Waals surface area contributed by atoms with Gasteiger partial charge in [0.05, 0.1) is 9.95 Å². The lowest BCUT2D eigenvalue weighted by Crippen LogP contribution is -1.89. The van der Waals surface area contributed by atoms with Gasteiger partial charge in [-0.05, 0) is 0 Å². The summed E-state index contributed by atoms with van der Waals surface area (Å²) in [5.74, 6) is -0.113. The van der Waals surface area contributed by atoms with E-state index in [1.807, 2.05) is 0 Å². The highest BCUT2D eigenvalue weighted by Gasteiger charge is 2.11. The SMILES string of the molecule is O=[N+]([O-])c1cccc(-c2ncc(Cl)cc2O)c1. The van der Waals surface area contributed by atoms with Crippen LogP contribution in [0.15, 0.2) is 36.5 Å². The van der Waals surface area contributed by atoms with E-state index in [0.717, 1.165) is 0 Å². The highest BCUT2D eigenvalue weighted by molar-refractivity contribution is 6.30. The van der Waals surface area contributed by atoms with Crippen LogP contribution in [-0.4, -0.2) is 15.0 Å². The normalized spacial score (nSPS) is 10.2. The van der Waals surface area contributed by atoms with Gasteiger partial charge in [0.2, 0.25) is 0 Å². The molecule has 0 saturated heterocycles. The molecule has 5 nitrogen and oxygen atoms in total. The Labute approximate surface area is 101 Å². The first kappa shape index (κ1) is 11.3. The number of benzene rings is 1. The lowest BCUT2D eigenvalue weighted by Gasteiger charge is -2.03. The van der Waals surface area contributed by atoms with E-state index in [-0.39, 0.29) is 17.1 Å². The molecule has 1 N–H and O–H groups in total. The average Bonchev–Trinajstić information content (AvgIpc) is 2.29. The van der Waals surface area contributed by atoms with E-state index in [1.54, 1.807) is 6.07 Å². The van der Waals surface area contributed by atoms with E-state index in [2.05, 4.69) is 4.98 Å². The molecule has 0 fully saturated rings. The first-order valence-corrected chi connectivity index (χ1v) is 5.05. The van der Waals surface area contributed by atoms with Crippen molar-refractivity contribution in [3.8, 4) is 17.0 Å². The maximum absolute atomic E-state index is 10.6. The van der Waals surface area contributed by atoms with E-state index in [0.29, 0.717) is 10.6 Å². The van der Waals surface area contributed by atoms with Crippen LogP contribution in [0.3, 0.4) is 0 Å². The molecule has 0 radical (unpaired) electrons. The van der Waals surface area contributed by atoms with Gasteiger partial charge in [0, 0.05) is 30.0 Å². The van der Waals surface area contributed by atoms with E-state index in [1.165, 1.54) is 30.5 Å². The zero-order valence-corrected chi connectivity index (χ0v) is 9.26. The van der Waals surface area contributed by atoms with Gasteiger partial charge in [-0.15, -0.1) is 0 Å². The standard InChI is InChI=1S/C11H7ClN2O3/c12-8-5-10(15)11(13-6-8)7-2-1-3-9(4-7)14(16)17/h1-6,15H. The van der Waals surface area contributed by atoms with Crippen LogP contribution in [0, 0.1) is 10.1 Å². The number of hydrogen-bond acceptors (Lipinski definition) is 4. The Hall–Kier alpha value is -2.14. The van der Waals surface area contributed by atoms with Crippen molar-refractivity contribution in [2.75, 3.05) is 0 Å². The zero-order valence-electron chi connectivity index (χ0n) is 8.50. The van der Waals surface area contributed by atoms with Gasteiger partial charge in [0.1, 0.15) is 11.4 Å². The number of halogens is 1. The minimum absolute atomic E-state index is 0.0568. The quantitative estimate of drug-likeness (QED) is 0.657. The van der Waals surface area contributed by atoms with Crippen LogP contribution in [-0.2, 0) is 0 Å². The van der Waals surface area contributed by atoms with Crippen molar-refractivity contribution < 1.29 is 10.0 Å². The number of aromatic hydroxyl groups is 1. The number of nitro groups is 1. The van der Waals surface area contributed by atoms with Crippen molar-refractivity contribution in [1.82, 2.24) is 4.98 Å². The van der Waals surface area contributed by atoms with Crippen molar-refractivity contribution in [1.29, 1.82) is 0 Å². The lowest BCUT2D eigenvalue weighted by molar-refractivity contribution is -0.384. The summed E-state index contributed by atoms with van der Waals surface area (Å²) in [6, 6.07) is 7.21. The molecule has 0 spiro atoms. The number of non-ortho nitro benzene ring substituents is 1. The molecular weight excluding hydrogens is 244 g/mol. The van der Waals surface area contributed by atoms with Crippen molar-refractivity contribution in [2.45, 2.75) is 0 Å². The van der Waals surface area contributed by atoms with Crippen molar-refractivity contribution >= 4 is 17.3 Å². The number of nitrogens with zero attached hydrogens (tertiary/aromatic N) is 2. The van der Waals surface area contributed by atoms with Crippen molar-refractivity contribution in [3.05, 3.63) is 51.7 Å². The monoisotopic (exact) mass is 250 g/mol. The minimum atomic E-state index is -0.504. The third-order valence-electron chi connectivity index (χ3n) is 2.16. The third-order valence-corrected chi connectivity index (χ3v) is 2.37. The molecule has 0 aliphatic rings. The van der Waals surface area contributed by atoms with Crippen LogP contribution >= 0.6 is 11.6 Å². The van der Waals surface area contributed by atoms with E-state index in [9.17, 15) is 15.2 Å². The lowest BCUT2D eigenvalue weighted by atomic mass is 10.1. The number of hydrogen-bond donors (Lipinski definition) is 1. The van der Waals surface area contributed by atoms with Crippen LogP contribution in [0.4, 0.5) is 5.69 Å². The Morgan fingerprint density at radius 3 is 2.76 bits per heavy atom. The second-order valence-electron chi connectivity index (χ2n) is 3.33. The van der Waals surface area contributed by atoms with Gasteiger partial charge in [-0.2, -0.15) is 0 Å². The van der Waals surface area contributed by atoms with E-state index >= 15 is 0 Å². The maximum atomic E-state index is 10.6. The third kappa shape index (κ3) is 2.34. The summed E-state index contributed by atoms with van der Waals surface area (Å²) >= 11 is 5.66. The minimum Gasteiger partial charge on any atom is -0.506 e. The Balaban J connectivity index is 2.53. The van der Waals surface area contributed by atoms with Gasteiger partial charge in [0.15, 0.2) is 0 Å². The summed E-state index contributed by atoms with van der Waals surface area (Å²) in [5.41, 5.74) is 0.671. The average molecular weight is 251 g/mol. The fourth-order valence-corrected chi connectivity index (χ4v) is 1.57. The molecule has 0 unspecified atom stereocenters. The molecule has 2 aromatic rings. The smallest absolute Gasteiger partial charge is 0.270 e. The van der Waals surface area contributed by atoms with Crippen LogP contribution in [0.5, 0.6) is 5.75 Å². The zero-order chi connectivity index (χ0) is 12.4. The Kier molecular flexibility index (Phi) is 2.93. The first-order valence-electron chi connectivity index (χ1n) is 4.67. The molecule has 86 valence electrons. The molecule has 0 atom stereocenters. The second-order valence-corrected chi connectivity index (χ2v) is 3.77. The van der Waals surface area contributed by atoms with Gasteiger partial charge in [0.25, 0.3) is 5.69 Å². The highest BCUT2D eigenvalue weighted by Crippen LogP contribution is 2.30. The largest absolute Gasteiger partial charge is 0.506 e. The molecule has 0 saturated carbocycles. The van der Waals surface area contributed by atoms with Crippen LogP contribution < -0.4 is 0 Å². The number of aromatic nitrogens is 1. The summed E-state index contributed by atoms with van der Waals surface area (Å²) in [5, 5.41) is 20.6. The number of pyridine rings is 1. The summed E-state index contributed by atoms with van der Waals surface area (Å²) in [6.45, 7) is 0. The molecule has 2 rings (SSSR count). The predicted octanol–water partition coefficient (Wildman–Crippen LogP) is 3.02. The highest BCUT2D eigenvalue weighted by atomic mass is 35.5. The van der Waals surface area contributed by atoms with Gasteiger partial charge in [-0.1, -0.05) is 23.7 Å². The summed E-state index contributed by atoms with van der Waals surface area (Å²) in [7, 11) is 0. The molecule has 17 heavy (non-hydrogen) atoms. The molecular formula is C11H7ClN2O3. The summed E-state index contributed by atoms with van der Waals surface area (Å²) < 4.78 is 0. The molecule has 1 aromatic heterocycles. The van der Waals surface area contributed by atoms with Gasteiger partial charge >= 0.3 is 0 Å². The fraction of sp³-hybridized carbons (Fsp3) is 0. The first-order chi connectivity index (χ1) is 8.08. The topological polar surface area (TPSA) is 76.3 Å². The van der Waals surface area contributed by atoms with Crippen LogP contribution in [0.1, 0.15) is 0 Å². The van der Waals surface area contributed by atoms with Crippen molar-refractivity contribution in [2.24, 2.45) is 0 Å². The Morgan fingerprint density at radius 1 is 1.35 bits per heavy atom. The van der Waals surface area contributed by atoms with Crippen LogP contribution in [0.2, 0.25) is 5.02 Å². The van der Waals surface area contributed by atoms with Gasteiger partial charge in [-0.3, -0.25) is 15.1 Å². The van der Waals surface area contributed by atoms with Gasteiger partial charge in [-0.25, -0.2) is 0 Å². The van der Waals surface area contributed by atoms with E-state index in [4.69, 9.17) is 11.6 Å². The molecule has 1 heterocycles. The number of nitro benzene ring substituents is 1. The Morgan fingerprint density at radius 2 is 2.12 bits per heavy atom. The van der Waals surface area contributed by atoms with Gasteiger partial charge < -0.3 is 5.11 Å². The molecule has 0 aliphatic carbocycles. The maximum Gasteiger partial charge on any atom is 0.270 e. The molecule has 0 amide bonds. The predicted molar refractivity (Wildman–Crippen MR) is 63.0 cm³/mol. The second kappa shape index (κ2) is 4.39. The van der Waals surface area contributed by atoms with Crippen molar-refractivity contribution in [3.63, 3.8) is 0 Å². The number of rotatable bonds is 2. The van der Waals surface area contributed by atoms with Crippen LogP contribution in [0.25, 0.3) is 11.3 Å². The Bertz CT molecular complexity index is 587. The molecule has 0 aliphatic heterocycles. The fourth-order valence-electron chi connectivity index (χ4n) is 1.42. The summed E-state index contributed by atoms with van der Waals surface area (Å²) in [6.07, 6.45) is 1.37. The summed E-state index contributed by atoms with van der Waals surface area (Å²) in [4.78, 5) is 14.1. The molecule has 6 heteroatoms.